The molecule has 0 aliphatic heterocycles. The molecule has 0 aliphatic rings. The normalized spacial score (nSPS) is 14.8. The fraction of sp³-hybridized carbons (Fsp3) is 0.444. The Morgan fingerprint density at radius 3 is 3.00 bits per heavy atom. The van der Waals surface area contributed by atoms with Crippen LogP contribution in [0, 0.1) is 0 Å². The van der Waals surface area contributed by atoms with Gasteiger partial charge in [0, 0.05) is 4.88 Å². The molecule has 0 aromatic carbocycles. The highest BCUT2D eigenvalue weighted by Crippen LogP contribution is 2.21. The minimum absolute atomic E-state index is 0.268. The van der Waals surface area contributed by atoms with E-state index in [1.807, 2.05) is 5.38 Å². The van der Waals surface area contributed by atoms with Crippen molar-refractivity contribution in [1.82, 2.24) is 0 Å². The molecule has 0 aliphatic carbocycles. The van der Waals surface area contributed by atoms with Crippen molar-refractivity contribution < 1.29 is 14.6 Å². The highest BCUT2D eigenvalue weighted by molar-refractivity contribution is 7.10. The van der Waals surface area contributed by atoms with E-state index in [4.69, 9.17) is 10.5 Å². The third-order valence-electron chi connectivity index (χ3n) is 1.73. The van der Waals surface area contributed by atoms with Crippen LogP contribution in [0.1, 0.15) is 17.9 Å². The zero-order chi connectivity index (χ0) is 10.6. The zero-order valence-corrected chi connectivity index (χ0v) is 8.66. The van der Waals surface area contributed by atoms with E-state index in [2.05, 4.69) is 0 Å². The van der Waals surface area contributed by atoms with Gasteiger partial charge in [-0.2, -0.15) is 0 Å². The van der Waals surface area contributed by atoms with E-state index < -0.39 is 18.1 Å². The predicted molar refractivity (Wildman–Crippen MR) is 53.9 cm³/mol. The monoisotopic (exact) mass is 215 g/mol. The maximum absolute atomic E-state index is 11.2. The largest absolute Gasteiger partial charge is 0.465 e. The summed E-state index contributed by atoms with van der Waals surface area (Å²) in [5.74, 6) is -0.576. The molecule has 3 N–H and O–H groups in total. The molecule has 0 saturated heterocycles. The summed E-state index contributed by atoms with van der Waals surface area (Å²) in [6, 6.07) is 2.52. The average molecular weight is 215 g/mol. The number of hydrogen-bond donors (Lipinski definition) is 2. The summed E-state index contributed by atoms with van der Waals surface area (Å²) >= 11 is 1.36. The number of nitrogens with two attached hydrogens (primary N) is 1. The first-order valence-corrected chi connectivity index (χ1v) is 5.18. The zero-order valence-electron chi connectivity index (χ0n) is 7.84. The third-order valence-corrected chi connectivity index (χ3v) is 2.68. The van der Waals surface area contributed by atoms with Crippen LogP contribution in [0.2, 0.25) is 0 Å². The molecule has 0 fully saturated rings. The fourth-order valence-corrected chi connectivity index (χ4v) is 1.76. The van der Waals surface area contributed by atoms with E-state index in [9.17, 15) is 9.90 Å². The number of carbonyl (C=O) groups excluding carboxylic acids is 1. The highest BCUT2D eigenvalue weighted by atomic mass is 32.1. The fourth-order valence-electron chi connectivity index (χ4n) is 1.00. The molecule has 4 nitrogen and oxygen atoms in total. The molecule has 78 valence electrons. The van der Waals surface area contributed by atoms with Crippen molar-refractivity contribution in [1.29, 1.82) is 0 Å². The van der Waals surface area contributed by atoms with Gasteiger partial charge in [-0.25, -0.2) is 0 Å². The van der Waals surface area contributed by atoms with Gasteiger partial charge in [0.1, 0.15) is 12.1 Å². The molecule has 1 heterocycles. The summed E-state index contributed by atoms with van der Waals surface area (Å²) in [6.45, 7) is 1.96. The van der Waals surface area contributed by atoms with Crippen LogP contribution in [0.4, 0.5) is 0 Å². The lowest BCUT2D eigenvalue weighted by Gasteiger charge is -2.15. The third kappa shape index (κ3) is 2.54. The van der Waals surface area contributed by atoms with Gasteiger partial charge in [0.25, 0.3) is 0 Å². The van der Waals surface area contributed by atoms with Gasteiger partial charge < -0.3 is 15.6 Å². The van der Waals surface area contributed by atoms with Crippen molar-refractivity contribution in [3.8, 4) is 0 Å². The number of esters is 1. The van der Waals surface area contributed by atoms with E-state index in [0.29, 0.717) is 4.88 Å². The molecule has 0 saturated carbocycles. The molecule has 0 unspecified atom stereocenters. The molecular formula is C9H13NO3S. The van der Waals surface area contributed by atoms with Crippen LogP contribution in [-0.4, -0.2) is 23.7 Å². The van der Waals surface area contributed by atoms with E-state index in [0.717, 1.165) is 0 Å². The summed E-state index contributed by atoms with van der Waals surface area (Å²) in [5.41, 5.74) is 5.52. The smallest absolute Gasteiger partial charge is 0.326 e. The Labute approximate surface area is 86.3 Å². The highest BCUT2D eigenvalue weighted by Gasteiger charge is 2.25. The molecule has 1 aromatic heterocycles. The molecule has 0 spiro atoms. The van der Waals surface area contributed by atoms with Gasteiger partial charge in [0.05, 0.1) is 6.61 Å². The lowest BCUT2D eigenvalue weighted by molar-refractivity contribution is -0.147. The number of carbonyl (C=O) groups is 1. The number of aliphatic hydroxyl groups is 1. The van der Waals surface area contributed by atoms with Gasteiger partial charge in [0.15, 0.2) is 0 Å². The van der Waals surface area contributed by atoms with Crippen LogP contribution < -0.4 is 5.73 Å². The van der Waals surface area contributed by atoms with Crippen LogP contribution in [0.25, 0.3) is 0 Å². The molecule has 0 amide bonds. The number of rotatable bonds is 4. The van der Waals surface area contributed by atoms with Crippen molar-refractivity contribution in [2.75, 3.05) is 6.61 Å². The molecule has 1 aromatic rings. The number of ether oxygens (including phenoxy) is 1. The van der Waals surface area contributed by atoms with Gasteiger partial charge >= 0.3 is 5.97 Å². The van der Waals surface area contributed by atoms with E-state index in [-0.39, 0.29) is 6.61 Å². The first-order valence-electron chi connectivity index (χ1n) is 4.30. The standard InChI is InChI=1S/C9H13NO3S/c1-2-13-9(12)7(10)8(11)6-4-3-5-14-6/h3-5,7-8,11H,2,10H2,1H3/t7-,8-/m1/s1. The lowest BCUT2D eigenvalue weighted by Crippen LogP contribution is -2.37. The summed E-state index contributed by atoms with van der Waals surface area (Å²) in [6.07, 6.45) is -0.978. The molecular weight excluding hydrogens is 202 g/mol. The van der Waals surface area contributed by atoms with Crippen LogP contribution in [-0.2, 0) is 9.53 Å². The van der Waals surface area contributed by atoms with E-state index >= 15 is 0 Å². The van der Waals surface area contributed by atoms with Crippen molar-refractivity contribution >= 4 is 17.3 Å². The van der Waals surface area contributed by atoms with Gasteiger partial charge in [-0.15, -0.1) is 11.3 Å². The van der Waals surface area contributed by atoms with Crippen LogP contribution in [0.5, 0.6) is 0 Å². The van der Waals surface area contributed by atoms with Crippen LogP contribution in [0.15, 0.2) is 17.5 Å². The maximum atomic E-state index is 11.2. The first kappa shape index (κ1) is 11.2. The summed E-state index contributed by atoms with van der Waals surface area (Å²) in [5, 5.41) is 11.5. The molecule has 5 heteroatoms. The maximum Gasteiger partial charge on any atom is 0.326 e. The SMILES string of the molecule is CCOC(=O)[C@H](N)[C@H](O)c1cccs1. The lowest BCUT2D eigenvalue weighted by atomic mass is 10.1. The molecule has 14 heavy (non-hydrogen) atoms. The molecule has 1 rings (SSSR count). The summed E-state index contributed by atoms with van der Waals surface area (Å²) < 4.78 is 4.70. The van der Waals surface area contributed by atoms with Crippen LogP contribution in [0.3, 0.4) is 0 Å². The minimum atomic E-state index is -1.01. The van der Waals surface area contributed by atoms with Crippen molar-refractivity contribution in [3.05, 3.63) is 22.4 Å². The Hall–Kier alpha value is -0.910. The predicted octanol–water partition coefficient (Wildman–Crippen LogP) is 0.672. The first-order chi connectivity index (χ1) is 6.66. The molecule has 0 bridgehead atoms. The molecule has 0 radical (unpaired) electrons. The average Bonchev–Trinajstić information content (AvgIpc) is 2.68. The number of aliphatic hydroxyl groups excluding tert-OH is 1. The van der Waals surface area contributed by atoms with E-state index in [1.54, 1.807) is 19.1 Å². The second kappa shape index (κ2) is 5.09. The van der Waals surface area contributed by atoms with Gasteiger partial charge in [-0.05, 0) is 18.4 Å². The Morgan fingerprint density at radius 1 is 1.79 bits per heavy atom. The quantitative estimate of drug-likeness (QED) is 0.724. The minimum Gasteiger partial charge on any atom is -0.465 e. The second-order valence-corrected chi connectivity index (χ2v) is 3.72. The van der Waals surface area contributed by atoms with Crippen molar-refractivity contribution in [2.24, 2.45) is 5.73 Å². The van der Waals surface area contributed by atoms with Crippen molar-refractivity contribution in [2.45, 2.75) is 19.1 Å². The van der Waals surface area contributed by atoms with Crippen LogP contribution >= 0.6 is 11.3 Å². The number of thiophene rings is 1. The summed E-state index contributed by atoms with van der Waals surface area (Å²) in [7, 11) is 0. The van der Waals surface area contributed by atoms with Gasteiger partial charge in [-0.3, -0.25) is 4.79 Å². The Kier molecular flexibility index (Phi) is 4.06. The summed E-state index contributed by atoms with van der Waals surface area (Å²) in [4.78, 5) is 11.8. The second-order valence-electron chi connectivity index (χ2n) is 2.74. The van der Waals surface area contributed by atoms with Crippen molar-refractivity contribution in [3.63, 3.8) is 0 Å². The topological polar surface area (TPSA) is 72.5 Å². The Morgan fingerprint density at radius 2 is 2.50 bits per heavy atom. The Balaban J connectivity index is 2.61. The van der Waals surface area contributed by atoms with Gasteiger partial charge in [-0.1, -0.05) is 6.07 Å². The Bertz CT molecular complexity index is 286. The number of hydrogen-bond acceptors (Lipinski definition) is 5. The molecule has 2 atom stereocenters. The van der Waals surface area contributed by atoms with E-state index in [1.165, 1.54) is 11.3 Å². The van der Waals surface area contributed by atoms with Gasteiger partial charge in [0.2, 0.25) is 0 Å².